The topological polar surface area (TPSA) is 117 Å². The van der Waals surface area contributed by atoms with Crippen LogP contribution in [0, 0.1) is 23.7 Å². The fourth-order valence-corrected chi connectivity index (χ4v) is 6.11. The van der Waals surface area contributed by atoms with Crippen molar-refractivity contribution in [3.05, 3.63) is 0 Å². The molecule has 0 aromatic carbocycles. The smallest absolute Gasteiger partial charge is 0.362 e. The van der Waals surface area contributed by atoms with Crippen molar-refractivity contribution in [2.45, 2.75) is 62.6 Å². The van der Waals surface area contributed by atoms with Crippen molar-refractivity contribution in [2.24, 2.45) is 23.7 Å². The lowest BCUT2D eigenvalue weighted by Gasteiger charge is -2.37. The van der Waals surface area contributed by atoms with Gasteiger partial charge in [-0.25, -0.2) is 9.59 Å². The maximum absolute atomic E-state index is 12.4. The van der Waals surface area contributed by atoms with Gasteiger partial charge in [0.05, 0.1) is 0 Å². The van der Waals surface area contributed by atoms with Crippen molar-refractivity contribution in [3.8, 4) is 0 Å². The first kappa shape index (κ1) is 17.9. The van der Waals surface area contributed by atoms with E-state index in [1.165, 1.54) is 0 Å². The lowest BCUT2D eigenvalue weighted by molar-refractivity contribution is -0.131. The number of carbonyl (C=O) groups is 4. The van der Waals surface area contributed by atoms with Crippen molar-refractivity contribution < 1.29 is 28.7 Å². The third kappa shape index (κ3) is 2.42. The van der Waals surface area contributed by atoms with Crippen LogP contribution in [0.4, 0.5) is 0 Å². The number of epoxide rings is 2. The molecule has 2 N–H and O–H groups in total. The van der Waals surface area contributed by atoms with Crippen molar-refractivity contribution >= 4 is 23.8 Å². The molecule has 0 aromatic rings. The Morgan fingerprint density at radius 1 is 0.643 bits per heavy atom. The molecule has 8 nitrogen and oxygen atoms in total. The largest absolute Gasteiger partial charge is 0.433 e. The summed E-state index contributed by atoms with van der Waals surface area (Å²) in [5, 5.41) is 5.62. The van der Waals surface area contributed by atoms with Crippen LogP contribution >= 0.6 is 0 Å². The Morgan fingerprint density at radius 2 is 1.00 bits per heavy atom. The summed E-state index contributed by atoms with van der Waals surface area (Å²) < 4.78 is 10.5. The fraction of sp³-hybridized carbons (Fsp3) is 0.800. The highest BCUT2D eigenvalue weighted by molar-refractivity contribution is 6.17. The molecule has 152 valence electrons. The van der Waals surface area contributed by atoms with Gasteiger partial charge in [0.25, 0.3) is 23.0 Å². The number of amides is 2. The molecule has 4 aliphatic heterocycles. The number of carbonyl (C=O) groups excluding carboxylic acids is 4. The van der Waals surface area contributed by atoms with Gasteiger partial charge in [0, 0.05) is 24.9 Å². The van der Waals surface area contributed by atoms with Crippen LogP contribution in [0.2, 0.25) is 0 Å². The van der Waals surface area contributed by atoms with E-state index in [-0.39, 0.29) is 35.5 Å². The molecule has 4 saturated heterocycles. The molecule has 4 atom stereocenters. The van der Waals surface area contributed by atoms with E-state index in [1.54, 1.807) is 0 Å². The van der Waals surface area contributed by atoms with Gasteiger partial charge in [-0.2, -0.15) is 0 Å². The summed E-state index contributed by atoms with van der Waals surface area (Å²) in [5.74, 6) is -0.999. The monoisotopic (exact) mass is 390 g/mol. The quantitative estimate of drug-likeness (QED) is 0.522. The van der Waals surface area contributed by atoms with Gasteiger partial charge in [-0.05, 0) is 63.2 Å². The number of hydrogen-bond acceptors (Lipinski definition) is 6. The van der Waals surface area contributed by atoms with E-state index in [2.05, 4.69) is 10.6 Å². The Hall–Kier alpha value is -2.12. The highest BCUT2D eigenvalue weighted by atomic mass is 16.7. The van der Waals surface area contributed by atoms with Gasteiger partial charge in [0.2, 0.25) is 0 Å². The number of hydrogen-bond donors (Lipinski definition) is 2. The van der Waals surface area contributed by atoms with Crippen LogP contribution in [0.1, 0.15) is 51.4 Å². The van der Waals surface area contributed by atoms with Gasteiger partial charge in [0.1, 0.15) is 0 Å². The Bertz CT molecular complexity index is 683. The first-order chi connectivity index (χ1) is 13.5. The van der Waals surface area contributed by atoms with E-state index in [0.717, 1.165) is 51.4 Å². The molecule has 4 unspecified atom stereocenters. The minimum atomic E-state index is -1.26. The highest BCUT2D eigenvalue weighted by Crippen LogP contribution is 2.53. The molecule has 1 aliphatic carbocycles. The fourth-order valence-electron chi connectivity index (χ4n) is 6.11. The average Bonchev–Trinajstić information content (AvgIpc) is 3.58. The van der Waals surface area contributed by atoms with Gasteiger partial charge in [0.15, 0.2) is 0 Å². The van der Waals surface area contributed by atoms with E-state index in [1.807, 2.05) is 0 Å². The molecule has 5 fully saturated rings. The lowest BCUT2D eigenvalue weighted by Crippen LogP contribution is -2.46. The molecule has 2 spiro atoms. The number of rotatable bonds is 2. The van der Waals surface area contributed by atoms with E-state index in [9.17, 15) is 19.2 Å². The predicted molar refractivity (Wildman–Crippen MR) is 94.6 cm³/mol. The SMILES string of the molecule is O=C1NCCCC(C2CCC(C3CCCNC(=O)C34OC4=O)CC2)C12OC2=O. The molecule has 0 bridgehead atoms. The summed E-state index contributed by atoms with van der Waals surface area (Å²) in [5.41, 5.74) is -2.51. The van der Waals surface area contributed by atoms with E-state index < -0.39 is 23.1 Å². The minimum Gasteiger partial charge on any atom is -0.433 e. The summed E-state index contributed by atoms with van der Waals surface area (Å²) in [6, 6.07) is 0. The van der Waals surface area contributed by atoms with Crippen LogP contribution in [0.25, 0.3) is 0 Å². The van der Waals surface area contributed by atoms with Crippen LogP contribution in [0.15, 0.2) is 0 Å². The van der Waals surface area contributed by atoms with Gasteiger partial charge >= 0.3 is 11.9 Å². The van der Waals surface area contributed by atoms with Crippen molar-refractivity contribution in [2.75, 3.05) is 13.1 Å². The predicted octanol–water partition coefficient (Wildman–Crippen LogP) is 0.436. The van der Waals surface area contributed by atoms with Gasteiger partial charge in [-0.1, -0.05) is 0 Å². The zero-order valence-corrected chi connectivity index (χ0v) is 15.8. The molecule has 0 radical (unpaired) electrons. The second-order valence-electron chi connectivity index (χ2n) is 8.93. The maximum atomic E-state index is 12.4. The molecule has 0 aromatic heterocycles. The first-order valence-electron chi connectivity index (χ1n) is 10.5. The highest BCUT2D eigenvalue weighted by Gasteiger charge is 2.72. The number of ether oxygens (including phenoxy) is 2. The van der Waals surface area contributed by atoms with Crippen molar-refractivity contribution in [3.63, 3.8) is 0 Å². The van der Waals surface area contributed by atoms with Crippen LogP contribution in [-0.2, 0) is 28.7 Å². The third-order valence-corrected chi connectivity index (χ3v) is 7.66. The Labute approximate surface area is 163 Å². The molecule has 8 heteroatoms. The van der Waals surface area contributed by atoms with Crippen LogP contribution < -0.4 is 10.6 Å². The van der Waals surface area contributed by atoms with Crippen LogP contribution in [-0.4, -0.2) is 48.0 Å². The first-order valence-corrected chi connectivity index (χ1v) is 10.5. The zero-order chi connectivity index (χ0) is 19.5. The molecular formula is C20H26N2O6. The van der Waals surface area contributed by atoms with Gasteiger partial charge in [-0.15, -0.1) is 0 Å². The van der Waals surface area contributed by atoms with Crippen LogP contribution in [0.3, 0.4) is 0 Å². The average molecular weight is 390 g/mol. The summed E-state index contributed by atoms with van der Waals surface area (Å²) >= 11 is 0. The Morgan fingerprint density at radius 3 is 1.32 bits per heavy atom. The molecule has 28 heavy (non-hydrogen) atoms. The Balaban J connectivity index is 1.30. The summed E-state index contributed by atoms with van der Waals surface area (Å²) in [7, 11) is 0. The van der Waals surface area contributed by atoms with E-state index in [4.69, 9.17) is 9.47 Å². The molecule has 5 aliphatic rings. The number of nitrogens with one attached hydrogen (secondary N) is 2. The molecule has 2 amide bonds. The molecular weight excluding hydrogens is 364 g/mol. The summed E-state index contributed by atoms with van der Waals surface area (Å²) in [4.78, 5) is 48.9. The second kappa shape index (κ2) is 6.19. The summed E-state index contributed by atoms with van der Waals surface area (Å²) in [6.07, 6.45) is 6.82. The molecule has 5 rings (SSSR count). The lowest BCUT2D eigenvalue weighted by atomic mass is 9.65. The Kier molecular flexibility index (Phi) is 3.97. The zero-order valence-electron chi connectivity index (χ0n) is 15.8. The van der Waals surface area contributed by atoms with E-state index >= 15 is 0 Å². The standard InChI is InChI=1S/C20H26N2O6/c23-15-19(17(25)27-19)13(3-1-9-21-15)11-5-7-12(8-6-11)14-4-2-10-22-16(24)20(14)18(26)28-20/h11-14H,1-10H2,(H,21,23)(H,22,24). The normalized spacial score (nSPS) is 45.4. The van der Waals surface area contributed by atoms with Gasteiger partial charge in [-0.3, -0.25) is 9.59 Å². The molecule has 4 heterocycles. The van der Waals surface area contributed by atoms with E-state index in [0.29, 0.717) is 13.1 Å². The second-order valence-corrected chi connectivity index (χ2v) is 8.93. The molecule has 1 saturated carbocycles. The van der Waals surface area contributed by atoms with Crippen molar-refractivity contribution in [1.82, 2.24) is 10.6 Å². The van der Waals surface area contributed by atoms with Crippen molar-refractivity contribution in [1.29, 1.82) is 0 Å². The third-order valence-electron chi connectivity index (χ3n) is 7.66. The minimum absolute atomic E-state index is 0.0753. The summed E-state index contributed by atoms with van der Waals surface area (Å²) in [6.45, 7) is 1.17. The maximum Gasteiger partial charge on any atom is 0.362 e. The van der Waals surface area contributed by atoms with Crippen LogP contribution in [0.5, 0.6) is 0 Å². The van der Waals surface area contributed by atoms with Gasteiger partial charge < -0.3 is 20.1 Å².